The molecule has 0 fully saturated rings. The molecule has 0 saturated heterocycles. The Kier molecular flexibility index (Phi) is 2.32. The number of hydrogen-bond donors (Lipinski definition) is 1. The van der Waals surface area contributed by atoms with Gasteiger partial charge >= 0.3 is 0 Å². The highest BCUT2D eigenvalue weighted by atomic mass is 32.2. The van der Waals surface area contributed by atoms with Gasteiger partial charge in [-0.15, -0.1) is 0 Å². The van der Waals surface area contributed by atoms with Gasteiger partial charge < -0.3 is 0 Å². The fourth-order valence-electron chi connectivity index (χ4n) is 1.74. The normalized spacial score (nSPS) is 14.9. The number of anilines is 1. The number of nitrogens with zero attached hydrogens (tertiary/aromatic N) is 2. The average Bonchev–Trinajstić information content (AvgIpc) is 2.58. The Labute approximate surface area is 91.8 Å². The monoisotopic (exact) mass is 243 g/mol. The summed E-state index contributed by atoms with van der Waals surface area (Å²) in [5, 5.41) is 15.5. The molecule has 1 aliphatic heterocycles. The van der Waals surface area contributed by atoms with Crippen molar-refractivity contribution in [3.05, 3.63) is 33.9 Å². The summed E-state index contributed by atoms with van der Waals surface area (Å²) >= 11 is 0. The van der Waals surface area contributed by atoms with Gasteiger partial charge in [0.25, 0.3) is 15.9 Å². The predicted molar refractivity (Wildman–Crippen MR) is 57.3 cm³/mol. The summed E-state index contributed by atoms with van der Waals surface area (Å²) < 4.78 is 23.4. The second kappa shape index (κ2) is 3.42. The molecule has 2 rings (SSSR count). The van der Waals surface area contributed by atoms with Crippen LogP contribution in [0, 0.1) is 10.1 Å². The van der Waals surface area contributed by atoms with Gasteiger partial charge in [-0.2, -0.15) is 8.42 Å². The van der Waals surface area contributed by atoms with Crippen LogP contribution in [0.4, 0.5) is 11.4 Å². The van der Waals surface area contributed by atoms with Gasteiger partial charge in [0, 0.05) is 18.7 Å². The van der Waals surface area contributed by atoms with Gasteiger partial charge in [-0.3, -0.25) is 14.4 Å². The van der Waals surface area contributed by atoms with E-state index in [1.54, 1.807) is 0 Å². The SMILES string of the molecule is NS(=O)(=O)N1CCc2cc([N+](=O)[O-])ccc21. The number of nitro groups is 1. The Morgan fingerprint density at radius 2 is 2.12 bits per heavy atom. The molecule has 1 aromatic rings. The Hall–Kier alpha value is -1.67. The molecule has 0 bridgehead atoms. The van der Waals surface area contributed by atoms with E-state index >= 15 is 0 Å². The fourth-order valence-corrected chi connectivity index (χ4v) is 2.53. The fraction of sp³-hybridized carbons (Fsp3) is 0.250. The van der Waals surface area contributed by atoms with E-state index in [-0.39, 0.29) is 12.2 Å². The van der Waals surface area contributed by atoms with Gasteiger partial charge in [0.1, 0.15) is 0 Å². The molecule has 1 aromatic carbocycles. The smallest absolute Gasteiger partial charge is 0.258 e. The van der Waals surface area contributed by atoms with Crippen molar-refractivity contribution in [3.8, 4) is 0 Å². The lowest BCUT2D eigenvalue weighted by molar-refractivity contribution is -0.384. The van der Waals surface area contributed by atoms with E-state index in [9.17, 15) is 18.5 Å². The van der Waals surface area contributed by atoms with E-state index < -0.39 is 15.1 Å². The zero-order chi connectivity index (χ0) is 11.9. The Bertz CT molecular complexity index is 554. The molecule has 0 amide bonds. The minimum atomic E-state index is -3.79. The molecule has 0 saturated carbocycles. The summed E-state index contributed by atoms with van der Waals surface area (Å²) in [7, 11) is -3.79. The molecule has 1 heterocycles. The number of fused-ring (bicyclic) bond motifs is 1. The minimum absolute atomic E-state index is 0.0463. The second-order valence-corrected chi connectivity index (χ2v) is 4.91. The van der Waals surface area contributed by atoms with E-state index in [2.05, 4.69) is 0 Å². The Morgan fingerprint density at radius 3 is 2.69 bits per heavy atom. The summed E-state index contributed by atoms with van der Waals surface area (Å²) in [5.74, 6) is 0. The molecule has 0 spiro atoms. The second-order valence-electron chi connectivity index (χ2n) is 3.44. The van der Waals surface area contributed by atoms with Crippen LogP contribution in [-0.4, -0.2) is 19.9 Å². The highest BCUT2D eigenvalue weighted by Gasteiger charge is 2.27. The lowest BCUT2D eigenvalue weighted by Gasteiger charge is -2.15. The molecule has 1 aliphatic rings. The number of non-ortho nitro benzene ring substituents is 1. The molecule has 86 valence electrons. The first kappa shape index (κ1) is 10.8. The summed E-state index contributed by atoms with van der Waals surface area (Å²) in [6, 6.07) is 4.05. The van der Waals surface area contributed by atoms with Crippen LogP contribution in [-0.2, 0) is 16.6 Å². The number of rotatable bonds is 2. The van der Waals surface area contributed by atoms with Crippen molar-refractivity contribution in [1.29, 1.82) is 0 Å². The molecule has 7 nitrogen and oxygen atoms in total. The maximum Gasteiger partial charge on any atom is 0.299 e. The first-order valence-corrected chi connectivity index (χ1v) is 5.98. The lowest BCUT2D eigenvalue weighted by Crippen LogP contribution is -2.35. The first-order valence-electron chi connectivity index (χ1n) is 4.47. The maximum atomic E-state index is 11.2. The Balaban J connectivity index is 2.48. The third-order valence-electron chi connectivity index (χ3n) is 2.43. The molecule has 0 unspecified atom stereocenters. The molecule has 0 atom stereocenters. The number of nitro benzene ring substituents is 1. The van der Waals surface area contributed by atoms with Crippen LogP contribution in [0.15, 0.2) is 18.2 Å². The minimum Gasteiger partial charge on any atom is -0.258 e. The third-order valence-corrected chi connectivity index (χ3v) is 3.43. The van der Waals surface area contributed by atoms with Gasteiger partial charge in [-0.1, -0.05) is 0 Å². The van der Waals surface area contributed by atoms with Crippen LogP contribution in [0.5, 0.6) is 0 Å². The van der Waals surface area contributed by atoms with Crippen LogP contribution in [0.3, 0.4) is 0 Å². The zero-order valence-electron chi connectivity index (χ0n) is 8.16. The van der Waals surface area contributed by atoms with E-state index in [0.29, 0.717) is 17.7 Å². The quantitative estimate of drug-likeness (QED) is 0.589. The number of hydrogen-bond acceptors (Lipinski definition) is 4. The van der Waals surface area contributed by atoms with E-state index in [1.165, 1.54) is 18.2 Å². The third kappa shape index (κ3) is 1.72. The van der Waals surface area contributed by atoms with Crippen molar-refractivity contribution in [2.75, 3.05) is 10.8 Å². The average molecular weight is 243 g/mol. The summed E-state index contributed by atoms with van der Waals surface area (Å²) in [4.78, 5) is 10.0. The van der Waals surface area contributed by atoms with E-state index in [0.717, 1.165) is 4.31 Å². The highest BCUT2D eigenvalue weighted by Crippen LogP contribution is 2.32. The van der Waals surface area contributed by atoms with Crippen molar-refractivity contribution in [1.82, 2.24) is 0 Å². The van der Waals surface area contributed by atoms with Crippen LogP contribution in [0.25, 0.3) is 0 Å². The summed E-state index contributed by atoms with van der Waals surface area (Å²) in [6.45, 7) is 0.231. The van der Waals surface area contributed by atoms with Crippen molar-refractivity contribution in [2.45, 2.75) is 6.42 Å². The Morgan fingerprint density at radius 1 is 1.44 bits per heavy atom. The van der Waals surface area contributed by atoms with Crippen molar-refractivity contribution >= 4 is 21.6 Å². The molecule has 0 aliphatic carbocycles. The molecule has 2 N–H and O–H groups in total. The van der Waals surface area contributed by atoms with Crippen molar-refractivity contribution < 1.29 is 13.3 Å². The molecule has 8 heteroatoms. The van der Waals surface area contributed by atoms with Crippen LogP contribution in [0.2, 0.25) is 0 Å². The maximum absolute atomic E-state index is 11.2. The van der Waals surface area contributed by atoms with Crippen LogP contribution >= 0.6 is 0 Å². The summed E-state index contributed by atoms with van der Waals surface area (Å²) in [6.07, 6.45) is 0.438. The predicted octanol–water partition coefficient (Wildman–Crippen LogP) is 0.161. The molecule has 0 aromatic heterocycles. The van der Waals surface area contributed by atoms with E-state index in [4.69, 9.17) is 5.14 Å². The van der Waals surface area contributed by atoms with Gasteiger partial charge in [-0.25, -0.2) is 5.14 Å². The lowest BCUT2D eigenvalue weighted by atomic mass is 10.1. The molecule has 0 radical (unpaired) electrons. The number of nitrogens with two attached hydrogens (primary N) is 1. The zero-order valence-corrected chi connectivity index (χ0v) is 8.98. The van der Waals surface area contributed by atoms with E-state index in [1.807, 2.05) is 0 Å². The molecule has 16 heavy (non-hydrogen) atoms. The van der Waals surface area contributed by atoms with Gasteiger partial charge in [0.15, 0.2) is 0 Å². The topological polar surface area (TPSA) is 107 Å². The standard InChI is InChI=1S/C8H9N3O4S/c9-16(14,15)10-4-3-6-5-7(11(12)13)1-2-8(6)10/h1-2,5H,3-4H2,(H2,9,14,15). The number of benzene rings is 1. The molecular formula is C8H9N3O4S. The largest absolute Gasteiger partial charge is 0.299 e. The van der Waals surface area contributed by atoms with Gasteiger partial charge in [0.2, 0.25) is 0 Å². The first-order chi connectivity index (χ1) is 7.39. The van der Waals surface area contributed by atoms with Crippen molar-refractivity contribution in [3.63, 3.8) is 0 Å². The van der Waals surface area contributed by atoms with Crippen LogP contribution in [0.1, 0.15) is 5.56 Å². The highest BCUT2D eigenvalue weighted by molar-refractivity contribution is 7.90. The van der Waals surface area contributed by atoms with Gasteiger partial charge in [0.05, 0.1) is 10.6 Å². The van der Waals surface area contributed by atoms with Gasteiger partial charge in [-0.05, 0) is 18.1 Å². The molecular weight excluding hydrogens is 234 g/mol. The van der Waals surface area contributed by atoms with Crippen LogP contribution < -0.4 is 9.44 Å². The van der Waals surface area contributed by atoms with Crippen molar-refractivity contribution in [2.24, 2.45) is 5.14 Å². The summed E-state index contributed by atoms with van der Waals surface area (Å²) in [5.41, 5.74) is 1.01.